The summed E-state index contributed by atoms with van der Waals surface area (Å²) in [6.07, 6.45) is 4.20. The van der Waals surface area contributed by atoms with Crippen LogP contribution >= 0.6 is 0 Å². The van der Waals surface area contributed by atoms with Gasteiger partial charge in [-0.1, -0.05) is 6.07 Å². The molecule has 2 aliphatic rings. The fraction of sp³-hybridized carbons (Fsp3) is 0.684. The van der Waals surface area contributed by atoms with Gasteiger partial charge in [-0.05, 0) is 45.2 Å². The number of nitrogens with one attached hydrogen (secondary N) is 1. The van der Waals surface area contributed by atoms with Crippen molar-refractivity contribution in [2.45, 2.75) is 58.3 Å². The molecule has 2 fully saturated rings. The van der Waals surface area contributed by atoms with Gasteiger partial charge in [-0.25, -0.2) is 4.98 Å². The van der Waals surface area contributed by atoms with Gasteiger partial charge < -0.3 is 15.0 Å². The first-order valence-electron chi connectivity index (χ1n) is 9.39. The second-order valence-corrected chi connectivity index (χ2v) is 7.24. The molecule has 0 aromatic carbocycles. The Bertz CT molecular complexity index is 561. The van der Waals surface area contributed by atoms with Gasteiger partial charge in [-0.15, -0.1) is 0 Å². The Hall–Kier alpha value is -1.66. The van der Waals surface area contributed by atoms with Crippen LogP contribution in [0.25, 0.3) is 0 Å². The summed E-state index contributed by atoms with van der Waals surface area (Å²) >= 11 is 0. The van der Waals surface area contributed by atoms with E-state index in [-0.39, 0.29) is 11.9 Å². The van der Waals surface area contributed by atoms with Gasteiger partial charge in [0.15, 0.2) is 0 Å². The number of carbonyl (C=O) groups is 1. The van der Waals surface area contributed by atoms with Gasteiger partial charge in [-0.2, -0.15) is 0 Å². The van der Waals surface area contributed by atoms with Crippen LogP contribution in [0.1, 0.15) is 39.2 Å². The lowest BCUT2D eigenvalue weighted by atomic mass is 10.2. The first kappa shape index (κ1) is 18.1. The van der Waals surface area contributed by atoms with E-state index in [1.165, 1.54) is 12.8 Å². The Morgan fingerprint density at radius 3 is 2.56 bits per heavy atom. The van der Waals surface area contributed by atoms with E-state index in [0.717, 1.165) is 37.7 Å². The second kappa shape index (κ2) is 8.15. The number of ether oxygens (including phenoxy) is 1. The van der Waals surface area contributed by atoms with Crippen LogP contribution in [0.5, 0.6) is 0 Å². The number of morpholine rings is 1. The quantitative estimate of drug-likeness (QED) is 0.881. The lowest BCUT2D eigenvalue weighted by Gasteiger charge is -2.31. The van der Waals surface area contributed by atoms with E-state index in [9.17, 15) is 4.79 Å². The summed E-state index contributed by atoms with van der Waals surface area (Å²) in [6.45, 7) is 10.2. The van der Waals surface area contributed by atoms with Crippen LogP contribution in [0, 0.1) is 0 Å². The van der Waals surface area contributed by atoms with Gasteiger partial charge in [0, 0.05) is 37.9 Å². The molecule has 1 amide bonds. The molecule has 25 heavy (non-hydrogen) atoms. The minimum Gasteiger partial charge on any atom is -0.378 e. The number of likely N-dealkylation sites (tertiary alicyclic amines) is 1. The summed E-state index contributed by atoms with van der Waals surface area (Å²) in [7, 11) is 0. The van der Waals surface area contributed by atoms with Gasteiger partial charge in [0.05, 0.1) is 19.3 Å². The fourth-order valence-corrected chi connectivity index (χ4v) is 3.95. The molecule has 0 aliphatic carbocycles. The maximum atomic E-state index is 12.5. The molecule has 1 N–H and O–H groups in total. The molecule has 0 saturated carbocycles. The van der Waals surface area contributed by atoms with Crippen LogP contribution in [0.3, 0.4) is 0 Å². The molecule has 3 heterocycles. The van der Waals surface area contributed by atoms with Crippen molar-refractivity contribution in [2.75, 3.05) is 31.2 Å². The topological polar surface area (TPSA) is 57.7 Å². The number of nitrogens with zero attached hydrogens (tertiary/aromatic N) is 3. The van der Waals surface area contributed by atoms with Crippen molar-refractivity contribution >= 4 is 11.7 Å². The van der Waals surface area contributed by atoms with E-state index in [1.54, 1.807) is 0 Å². The van der Waals surface area contributed by atoms with Gasteiger partial charge in [0.25, 0.3) is 0 Å². The van der Waals surface area contributed by atoms with E-state index in [1.807, 2.05) is 25.3 Å². The number of hydrogen-bond donors (Lipinski definition) is 1. The monoisotopic (exact) mass is 346 g/mol. The second-order valence-electron chi connectivity index (χ2n) is 7.24. The first-order chi connectivity index (χ1) is 12.1. The molecule has 1 aromatic rings. The number of carbonyl (C=O) groups excluding carboxylic acids is 1. The molecular formula is C19H30N4O2. The number of rotatable bonds is 5. The standard InChI is InChI=1S/C19H30N4O2/c1-14-4-5-15(2)23(14)16(3)19(24)21-13-17-6-7-18(20-12-17)22-8-10-25-11-9-22/h6-7,12,14-16H,4-5,8-11,13H2,1-3H3,(H,21,24). The summed E-state index contributed by atoms with van der Waals surface area (Å²) in [4.78, 5) is 21.6. The third-order valence-electron chi connectivity index (χ3n) is 5.46. The molecule has 6 heteroatoms. The van der Waals surface area contributed by atoms with Crippen molar-refractivity contribution in [3.63, 3.8) is 0 Å². The van der Waals surface area contributed by atoms with E-state index >= 15 is 0 Å². The summed E-state index contributed by atoms with van der Waals surface area (Å²) in [5, 5.41) is 3.06. The van der Waals surface area contributed by atoms with Crippen LogP contribution in [0.4, 0.5) is 5.82 Å². The average Bonchev–Trinajstić information content (AvgIpc) is 2.98. The molecule has 1 aromatic heterocycles. The van der Waals surface area contributed by atoms with Gasteiger partial charge in [0.1, 0.15) is 5.82 Å². The van der Waals surface area contributed by atoms with Crippen LogP contribution in [-0.2, 0) is 16.1 Å². The molecule has 138 valence electrons. The van der Waals surface area contributed by atoms with Crippen LogP contribution in [0.15, 0.2) is 18.3 Å². The van der Waals surface area contributed by atoms with Crippen LogP contribution < -0.4 is 10.2 Å². The Balaban J connectivity index is 1.51. The third-order valence-corrected chi connectivity index (χ3v) is 5.46. The Morgan fingerprint density at radius 2 is 1.96 bits per heavy atom. The zero-order chi connectivity index (χ0) is 17.8. The summed E-state index contributed by atoms with van der Waals surface area (Å²) in [6, 6.07) is 4.94. The van der Waals surface area contributed by atoms with Gasteiger partial charge >= 0.3 is 0 Å². The van der Waals surface area contributed by atoms with Crippen molar-refractivity contribution in [2.24, 2.45) is 0 Å². The molecular weight excluding hydrogens is 316 g/mol. The molecule has 3 rings (SSSR count). The lowest BCUT2D eigenvalue weighted by Crippen LogP contribution is -2.48. The number of pyridine rings is 1. The lowest BCUT2D eigenvalue weighted by molar-refractivity contribution is -0.127. The molecule has 0 radical (unpaired) electrons. The predicted octanol–water partition coefficient (Wildman–Crippen LogP) is 1.80. The van der Waals surface area contributed by atoms with E-state index in [4.69, 9.17) is 4.74 Å². The van der Waals surface area contributed by atoms with Crippen molar-refractivity contribution in [3.05, 3.63) is 23.9 Å². The van der Waals surface area contributed by atoms with Gasteiger partial charge in [0.2, 0.25) is 5.91 Å². The largest absolute Gasteiger partial charge is 0.378 e. The normalized spacial score (nSPS) is 25.8. The van der Waals surface area contributed by atoms with Crippen molar-refractivity contribution < 1.29 is 9.53 Å². The Kier molecular flexibility index (Phi) is 5.91. The zero-order valence-electron chi connectivity index (χ0n) is 15.6. The molecule has 3 unspecified atom stereocenters. The third kappa shape index (κ3) is 4.30. The molecule has 6 nitrogen and oxygen atoms in total. The van der Waals surface area contributed by atoms with E-state index < -0.39 is 0 Å². The predicted molar refractivity (Wildman–Crippen MR) is 98.6 cm³/mol. The summed E-state index contributed by atoms with van der Waals surface area (Å²) in [5.74, 6) is 1.07. The number of aromatic nitrogens is 1. The number of hydrogen-bond acceptors (Lipinski definition) is 5. The highest BCUT2D eigenvalue weighted by Gasteiger charge is 2.34. The van der Waals surface area contributed by atoms with Crippen LogP contribution in [-0.4, -0.2) is 60.2 Å². The SMILES string of the molecule is CC1CCC(C)N1C(C)C(=O)NCc1ccc(N2CCOCC2)nc1. The van der Waals surface area contributed by atoms with Crippen LogP contribution in [0.2, 0.25) is 0 Å². The molecule has 2 aliphatic heterocycles. The highest BCUT2D eigenvalue weighted by Crippen LogP contribution is 2.25. The average molecular weight is 346 g/mol. The minimum absolute atomic E-state index is 0.0897. The van der Waals surface area contributed by atoms with Crippen molar-refractivity contribution in [3.8, 4) is 0 Å². The van der Waals surface area contributed by atoms with E-state index in [2.05, 4.69) is 33.9 Å². The molecule has 0 spiro atoms. The Morgan fingerprint density at radius 1 is 1.28 bits per heavy atom. The molecule has 2 saturated heterocycles. The molecule has 3 atom stereocenters. The van der Waals surface area contributed by atoms with E-state index in [0.29, 0.717) is 18.6 Å². The first-order valence-corrected chi connectivity index (χ1v) is 9.39. The number of anilines is 1. The fourth-order valence-electron chi connectivity index (χ4n) is 3.95. The summed E-state index contributed by atoms with van der Waals surface area (Å²) in [5.41, 5.74) is 1.03. The minimum atomic E-state index is -0.0897. The zero-order valence-corrected chi connectivity index (χ0v) is 15.6. The maximum Gasteiger partial charge on any atom is 0.237 e. The summed E-state index contributed by atoms with van der Waals surface area (Å²) < 4.78 is 5.37. The number of amides is 1. The molecule has 0 bridgehead atoms. The smallest absolute Gasteiger partial charge is 0.237 e. The Labute approximate surface area is 150 Å². The van der Waals surface area contributed by atoms with Crippen molar-refractivity contribution in [1.29, 1.82) is 0 Å². The highest BCUT2D eigenvalue weighted by molar-refractivity contribution is 5.81. The van der Waals surface area contributed by atoms with Gasteiger partial charge in [-0.3, -0.25) is 9.69 Å². The highest BCUT2D eigenvalue weighted by atomic mass is 16.5. The maximum absolute atomic E-state index is 12.5. The van der Waals surface area contributed by atoms with Crippen molar-refractivity contribution in [1.82, 2.24) is 15.2 Å².